The summed E-state index contributed by atoms with van der Waals surface area (Å²) in [6.45, 7) is 0. The number of halogens is 1. The van der Waals surface area contributed by atoms with Crippen molar-refractivity contribution in [3.05, 3.63) is 34.9 Å². The van der Waals surface area contributed by atoms with E-state index in [2.05, 4.69) is 23.5 Å². The lowest BCUT2D eigenvalue weighted by atomic mass is 10.1. The van der Waals surface area contributed by atoms with Gasteiger partial charge in [-0.2, -0.15) is 9.52 Å². The number of hydrazine groups is 1. The van der Waals surface area contributed by atoms with Crippen molar-refractivity contribution < 1.29 is 14.8 Å². The van der Waals surface area contributed by atoms with Crippen molar-refractivity contribution in [1.29, 1.82) is 0 Å². The first-order valence-corrected chi connectivity index (χ1v) is 7.79. The molecule has 0 aliphatic rings. The summed E-state index contributed by atoms with van der Waals surface area (Å²) in [5, 5.41) is 12.8. The molecule has 0 fully saturated rings. The number of hydroxylamine groups is 1. The third kappa shape index (κ3) is 8.44. The minimum atomic E-state index is -0.427. The summed E-state index contributed by atoms with van der Waals surface area (Å²) in [4.78, 5) is 22.6. The normalized spacial score (nSPS) is 10.6. The number of thiol groups is 1. The number of nitrogens with zero attached hydrogens (tertiary/aromatic N) is 2. The van der Waals surface area contributed by atoms with Gasteiger partial charge in [-0.1, -0.05) is 30.2 Å². The van der Waals surface area contributed by atoms with Gasteiger partial charge in [-0.15, -0.1) is 0 Å². The number of rotatable bonds is 9. The lowest BCUT2D eigenvalue weighted by Crippen LogP contribution is -2.31. The largest absolute Gasteiger partial charge is 0.289 e. The summed E-state index contributed by atoms with van der Waals surface area (Å²) in [5.74, 6) is -0.660. The highest BCUT2D eigenvalue weighted by Crippen LogP contribution is 2.09. The third-order valence-corrected chi connectivity index (χ3v) is 3.42. The number of hydrogen-bond donors (Lipinski definition) is 4. The molecule has 1 rings (SSSR count). The van der Waals surface area contributed by atoms with Crippen LogP contribution in [0.5, 0.6) is 0 Å². The molecule has 0 spiro atoms. The summed E-state index contributed by atoms with van der Waals surface area (Å²) in [7, 11) is 0. The zero-order chi connectivity index (χ0) is 17.1. The van der Waals surface area contributed by atoms with Crippen molar-refractivity contribution in [3.8, 4) is 0 Å². The monoisotopic (exact) mass is 358 g/mol. The molecule has 0 unspecified atom stereocenters. The smallest absolute Gasteiger partial charge is 0.252 e. The Kier molecular flexibility index (Phi) is 9.11. The maximum atomic E-state index is 11.8. The van der Waals surface area contributed by atoms with Gasteiger partial charge in [-0.3, -0.25) is 14.8 Å². The lowest BCUT2D eigenvalue weighted by molar-refractivity contribution is -0.129. The van der Waals surface area contributed by atoms with E-state index in [0.29, 0.717) is 24.3 Å². The SMILES string of the molecule is O=C(CCCCCC(=O)N(S)N/N=C/c1cccc(Cl)c1)NO. The van der Waals surface area contributed by atoms with Crippen LogP contribution in [0.2, 0.25) is 5.02 Å². The van der Waals surface area contributed by atoms with Crippen molar-refractivity contribution in [2.75, 3.05) is 0 Å². The predicted molar refractivity (Wildman–Crippen MR) is 91.0 cm³/mol. The zero-order valence-electron chi connectivity index (χ0n) is 12.4. The molecule has 0 bridgehead atoms. The van der Waals surface area contributed by atoms with Crippen molar-refractivity contribution in [2.45, 2.75) is 32.1 Å². The van der Waals surface area contributed by atoms with E-state index in [1.165, 1.54) is 6.21 Å². The van der Waals surface area contributed by atoms with Crippen LogP contribution in [0.4, 0.5) is 0 Å². The fourth-order valence-corrected chi connectivity index (χ4v) is 2.05. The maximum absolute atomic E-state index is 11.8. The van der Waals surface area contributed by atoms with Crippen LogP contribution in [0.15, 0.2) is 29.4 Å². The maximum Gasteiger partial charge on any atom is 0.252 e. The van der Waals surface area contributed by atoms with Gasteiger partial charge in [0.15, 0.2) is 0 Å². The summed E-state index contributed by atoms with van der Waals surface area (Å²) >= 11 is 9.85. The highest BCUT2D eigenvalue weighted by Gasteiger charge is 2.08. The van der Waals surface area contributed by atoms with Crippen molar-refractivity contribution >= 4 is 42.4 Å². The van der Waals surface area contributed by atoms with E-state index in [1.807, 2.05) is 6.07 Å². The van der Waals surface area contributed by atoms with Crippen LogP contribution in [0.3, 0.4) is 0 Å². The average Bonchev–Trinajstić information content (AvgIpc) is 2.54. The molecular formula is C14H19ClN4O3S. The van der Waals surface area contributed by atoms with Gasteiger partial charge in [0.25, 0.3) is 5.91 Å². The Labute approximate surface area is 145 Å². The molecule has 0 saturated carbocycles. The summed E-state index contributed by atoms with van der Waals surface area (Å²) in [6, 6.07) is 7.11. The minimum Gasteiger partial charge on any atom is -0.289 e. The molecule has 126 valence electrons. The van der Waals surface area contributed by atoms with Gasteiger partial charge >= 0.3 is 0 Å². The van der Waals surface area contributed by atoms with Gasteiger partial charge in [0, 0.05) is 17.9 Å². The Hall–Kier alpha value is -1.77. The Morgan fingerprint density at radius 2 is 2.04 bits per heavy atom. The molecule has 0 atom stereocenters. The second-order valence-electron chi connectivity index (χ2n) is 4.71. The topological polar surface area (TPSA) is 94.0 Å². The molecule has 0 aliphatic carbocycles. The van der Waals surface area contributed by atoms with Crippen LogP contribution in [-0.4, -0.2) is 27.7 Å². The number of carbonyl (C=O) groups is 2. The number of hydrazone groups is 1. The molecule has 3 N–H and O–H groups in total. The molecule has 0 radical (unpaired) electrons. The lowest BCUT2D eigenvalue weighted by Gasteiger charge is -2.13. The van der Waals surface area contributed by atoms with Gasteiger partial charge in [-0.05, 0) is 43.4 Å². The fourth-order valence-electron chi connectivity index (χ4n) is 1.70. The Morgan fingerprint density at radius 1 is 1.30 bits per heavy atom. The second kappa shape index (κ2) is 10.9. The van der Waals surface area contributed by atoms with Crippen LogP contribution in [0, 0.1) is 0 Å². The van der Waals surface area contributed by atoms with Crippen molar-refractivity contribution in [3.63, 3.8) is 0 Å². The molecule has 1 aromatic carbocycles. The standard InChI is InChI=1S/C14H19ClN4O3S/c15-12-6-4-5-11(9-12)10-16-18-19(23)14(21)8-3-1-2-7-13(20)17-22/h4-6,9-10,18,22-23H,1-3,7-8H2,(H,17,20)/b16-10+. The van der Waals surface area contributed by atoms with Gasteiger partial charge in [0.2, 0.25) is 5.91 Å². The molecule has 0 aliphatic heterocycles. The number of unbranched alkanes of at least 4 members (excludes halogenated alkanes) is 2. The molecule has 2 amide bonds. The molecular weight excluding hydrogens is 340 g/mol. The van der Waals surface area contributed by atoms with Crippen LogP contribution < -0.4 is 11.0 Å². The first kappa shape index (κ1) is 19.3. The first-order chi connectivity index (χ1) is 11.0. The molecule has 1 aromatic rings. The predicted octanol–water partition coefficient (Wildman–Crippen LogP) is 2.31. The zero-order valence-corrected chi connectivity index (χ0v) is 14.1. The number of hydrogen-bond acceptors (Lipinski definition) is 6. The summed E-state index contributed by atoms with van der Waals surface area (Å²) < 4.78 is 1.00. The van der Waals surface area contributed by atoms with Crippen molar-refractivity contribution in [1.82, 2.24) is 15.4 Å². The van der Waals surface area contributed by atoms with E-state index in [0.717, 1.165) is 9.98 Å². The summed E-state index contributed by atoms with van der Waals surface area (Å²) in [6.07, 6.45) is 3.96. The van der Waals surface area contributed by atoms with E-state index in [-0.39, 0.29) is 18.7 Å². The first-order valence-electron chi connectivity index (χ1n) is 7.02. The molecule has 9 heteroatoms. The molecule has 0 heterocycles. The molecule has 7 nitrogen and oxygen atoms in total. The minimum absolute atomic E-state index is 0.233. The van der Waals surface area contributed by atoms with E-state index >= 15 is 0 Å². The Balaban J connectivity index is 2.22. The summed E-state index contributed by atoms with van der Waals surface area (Å²) in [5.41, 5.74) is 4.85. The van der Waals surface area contributed by atoms with E-state index in [4.69, 9.17) is 16.8 Å². The number of carbonyl (C=O) groups excluding carboxylic acids is 2. The Morgan fingerprint density at radius 3 is 2.74 bits per heavy atom. The van der Waals surface area contributed by atoms with Crippen LogP contribution in [0.25, 0.3) is 0 Å². The van der Waals surface area contributed by atoms with E-state index in [9.17, 15) is 9.59 Å². The molecule has 0 saturated heterocycles. The second-order valence-corrected chi connectivity index (χ2v) is 5.55. The quantitative estimate of drug-likeness (QED) is 0.179. The Bertz CT molecular complexity index is 557. The number of nitrogens with one attached hydrogen (secondary N) is 2. The fraction of sp³-hybridized carbons (Fsp3) is 0.357. The van der Waals surface area contributed by atoms with Crippen LogP contribution in [-0.2, 0) is 9.59 Å². The highest BCUT2D eigenvalue weighted by atomic mass is 35.5. The highest BCUT2D eigenvalue weighted by molar-refractivity contribution is 7.78. The van der Waals surface area contributed by atoms with Crippen LogP contribution >= 0.6 is 24.4 Å². The average molecular weight is 359 g/mol. The van der Waals surface area contributed by atoms with Crippen LogP contribution in [0.1, 0.15) is 37.7 Å². The van der Waals surface area contributed by atoms with Gasteiger partial charge in [0.05, 0.1) is 6.21 Å². The van der Waals surface area contributed by atoms with Gasteiger partial charge in [-0.25, -0.2) is 11.0 Å². The van der Waals surface area contributed by atoms with E-state index in [1.54, 1.807) is 23.7 Å². The van der Waals surface area contributed by atoms with Gasteiger partial charge in [0.1, 0.15) is 0 Å². The van der Waals surface area contributed by atoms with E-state index < -0.39 is 5.91 Å². The van der Waals surface area contributed by atoms with Crippen molar-refractivity contribution in [2.24, 2.45) is 5.10 Å². The van der Waals surface area contributed by atoms with Gasteiger partial charge < -0.3 is 0 Å². The molecule has 23 heavy (non-hydrogen) atoms. The third-order valence-electron chi connectivity index (χ3n) is 2.87. The molecule has 0 aromatic heterocycles. The number of amides is 2. The number of benzene rings is 1.